The van der Waals surface area contributed by atoms with Crippen LogP contribution in [0.3, 0.4) is 0 Å². The van der Waals surface area contributed by atoms with Gasteiger partial charge in [0.15, 0.2) is 0 Å². The lowest BCUT2D eigenvalue weighted by molar-refractivity contribution is -0.114. The van der Waals surface area contributed by atoms with Gasteiger partial charge in [-0.25, -0.2) is 4.39 Å². The normalized spacial score (nSPS) is 25.7. The maximum absolute atomic E-state index is 12.4. The van der Waals surface area contributed by atoms with Gasteiger partial charge >= 0.3 is 0 Å². The molecule has 3 N–H and O–H groups in total. The van der Waals surface area contributed by atoms with Crippen LogP contribution in [0.25, 0.3) is 0 Å². The Hall–Kier alpha value is -0.900. The van der Waals surface area contributed by atoms with Crippen LogP contribution in [0.15, 0.2) is 11.6 Å². The van der Waals surface area contributed by atoms with Crippen LogP contribution in [0.5, 0.6) is 0 Å². The summed E-state index contributed by atoms with van der Waals surface area (Å²) in [4.78, 5) is 10.4. The minimum absolute atomic E-state index is 0.275. The average molecular weight is 144 g/mol. The molecule has 0 bridgehead atoms. The third-order valence-corrected chi connectivity index (χ3v) is 1.35. The fraction of sp³-hybridized carbons (Fsp3) is 0.500. The second kappa shape index (κ2) is 2.79. The van der Waals surface area contributed by atoms with Gasteiger partial charge < -0.3 is 11.1 Å². The maximum atomic E-state index is 12.4. The van der Waals surface area contributed by atoms with Gasteiger partial charge in [-0.15, -0.1) is 0 Å². The summed E-state index contributed by atoms with van der Waals surface area (Å²) in [7, 11) is 0. The van der Waals surface area contributed by atoms with Crippen LogP contribution in [-0.2, 0) is 4.79 Å². The number of hydrogen-bond donors (Lipinski definition) is 2. The van der Waals surface area contributed by atoms with Crippen molar-refractivity contribution in [2.45, 2.75) is 6.17 Å². The van der Waals surface area contributed by atoms with E-state index in [1.807, 2.05) is 0 Å². The summed E-state index contributed by atoms with van der Waals surface area (Å²) in [6.07, 6.45) is 0.190. The number of carbonyl (C=O) groups is 1. The number of primary amides is 1. The van der Waals surface area contributed by atoms with Crippen molar-refractivity contribution in [3.63, 3.8) is 0 Å². The van der Waals surface area contributed by atoms with E-state index in [1.54, 1.807) is 0 Å². The van der Waals surface area contributed by atoms with E-state index in [0.717, 1.165) is 0 Å². The zero-order chi connectivity index (χ0) is 7.56. The van der Waals surface area contributed by atoms with Gasteiger partial charge in [-0.05, 0) is 6.08 Å². The van der Waals surface area contributed by atoms with Gasteiger partial charge in [-0.1, -0.05) is 0 Å². The Morgan fingerprint density at radius 2 is 2.60 bits per heavy atom. The van der Waals surface area contributed by atoms with E-state index in [1.165, 1.54) is 6.08 Å². The highest BCUT2D eigenvalue weighted by atomic mass is 19.1. The highest BCUT2D eigenvalue weighted by Gasteiger charge is 2.14. The molecular weight excluding hydrogens is 135 g/mol. The molecular formula is C6H9FN2O. The van der Waals surface area contributed by atoms with Gasteiger partial charge in [-0.2, -0.15) is 0 Å². The van der Waals surface area contributed by atoms with Crippen molar-refractivity contribution in [1.29, 1.82) is 0 Å². The van der Waals surface area contributed by atoms with Crippen molar-refractivity contribution in [2.75, 3.05) is 13.1 Å². The number of halogens is 1. The number of amides is 1. The zero-order valence-corrected chi connectivity index (χ0v) is 5.43. The molecule has 1 rings (SSSR count). The van der Waals surface area contributed by atoms with Crippen LogP contribution < -0.4 is 11.1 Å². The van der Waals surface area contributed by atoms with Crippen LogP contribution in [0, 0.1) is 0 Å². The number of alkyl halides is 1. The van der Waals surface area contributed by atoms with Crippen LogP contribution in [-0.4, -0.2) is 25.2 Å². The molecule has 4 heteroatoms. The molecule has 0 saturated heterocycles. The molecule has 1 heterocycles. The molecule has 56 valence electrons. The van der Waals surface area contributed by atoms with Crippen molar-refractivity contribution in [3.8, 4) is 0 Å². The SMILES string of the molecule is NC(=O)C1=CC(F)CNC1. The smallest absolute Gasteiger partial charge is 0.245 e. The predicted octanol–water partition coefficient (Wildman–Crippen LogP) is -0.661. The first kappa shape index (κ1) is 7.21. The summed E-state index contributed by atoms with van der Waals surface area (Å²) in [6, 6.07) is 0. The van der Waals surface area contributed by atoms with Crippen molar-refractivity contribution in [1.82, 2.24) is 5.32 Å². The second-order valence-corrected chi connectivity index (χ2v) is 2.20. The topological polar surface area (TPSA) is 55.1 Å². The lowest BCUT2D eigenvalue weighted by Gasteiger charge is -2.13. The van der Waals surface area contributed by atoms with E-state index >= 15 is 0 Å². The molecule has 0 aliphatic carbocycles. The molecule has 1 amide bonds. The quantitative estimate of drug-likeness (QED) is 0.513. The van der Waals surface area contributed by atoms with E-state index in [4.69, 9.17) is 5.73 Å². The van der Waals surface area contributed by atoms with Crippen LogP contribution >= 0.6 is 0 Å². The van der Waals surface area contributed by atoms with E-state index in [2.05, 4.69) is 5.32 Å². The van der Waals surface area contributed by atoms with Crippen molar-refractivity contribution < 1.29 is 9.18 Å². The summed E-state index contributed by atoms with van der Waals surface area (Å²) >= 11 is 0. The molecule has 0 spiro atoms. The highest BCUT2D eigenvalue weighted by Crippen LogP contribution is 2.03. The van der Waals surface area contributed by atoms with Gasteiger partial charge in [0.05, 0.1) is 0 Å². The first-order valence-corrected chi connectivity index (χ1v) is 3.05. The first-order valence-electron chi connectivity index (χ1n) is 3.05. The van der Waals surface area contributed by atoms with E-state index in [9.17, 15) is 9.18 Å². The monoisotopic (exact) mass is 144 g/mol. The predicted molar refractivity (Wildman–Crippen MR) is 35.0 cm³/mol. The van der Waals surface area contributed by atoms with Crippen molar-refractivity contribution >= 4 is 5.91 Å². The van der Waals surface area contributed by atoms with E-state index in [-0.39, 0.29) is 6.54 Å². The summed E-state index contributed by atoms with van der Waals surface area (Å²) in [6.45, 7) is 0.659. The van der Waals surface area contributed by atoms with Crippen LogP contribution in [0.2, 0.25) is 0 Å². The van der Waals surface area contributed by atoms with E-state index in [0.29, 0.717) is 12.1 Å². The molecule has 10 heavy (non-hydrogen) atoms. The Morgan fingerprint density at radius 3 is 3.00 bits per heavy atom. The molecule has 1 atom stereocenters. The molecule has 0 aromatic carbocycles. The summed E-state index contributed by atoms with van der Waals surface area (Å²) in [5.41, 5.74) is 5.25. The van der Waals surface area contributed by atoms with Gasteiger partial charge in [0, 0.05) is 18.7 Å². The lowest BCUT2D eigenvalue weighted by atomic mass is 10.1. The average Bonchev–Trinajstić information content (AvgIpc) is 1.88. The van der Waals surface area contributed by atoms with Crippen molar-refractivity contribution in [3.05, 3.63) is 11.6 Å². The molecule has 0 aromatic heterocycles. The Kier molecular flexibility index (Phi) is 2.01. The molecule has 0 aromatic rings. The van der Waals surface area contributed by atoms with Gasteiger partial charge in [0.1, 0.15) is 6.17 Å². The van der Waals surface area contributed by atoms with Crippen molar-refractivity contribution in [2.24, 2.45) is 5.73 Å². The Balaban J connectivity index is 2.66. The van der Waals surface area contributed by atoms with Gasteiger partial charge in [0.25, 0.3) is 0 Å². The molecule has 0 fully saturated rings. The number of rotatable bonds is 1. The largest absolute Gasteiger partial charge is 0.366 e. The molecule has 0 saturated carbocycles. The zero-order valence-electron chi connectivity index (χ0n) is 5.43. The Morgan fingerprint density at radius 1 is 1.90 bits per heavy atom. The fourth-order valence-electron chi connectivity index (χ4n) is 0.850. The minimum Gasteiger partial charge on any atom is -0.366 e. The number of hydrogen-bond acceptors (Lipinski definition) is 2. The lowest BCUT2D eigenvalue weighted by Crippen LogP contribution is -2.34. The summed E-state index contributed by atoms with van der Waals surface area (Å²) in [5, 5.41) is 2.72. The summed E-state index contributed by atoms with van der Waals surface area (Å²) in [5.74, 6) is -0.546. The van der Waals surface area contributed by atoms with Crippen LogP contribution in [0.1, 0.15) is 0 Å². The number of nitrogens with two attached hydrogens (primary N) is 1. The maximum Gasteiger partial charge on any atom is 0.245 e. The number of carbonyl (C=O) groups excluding carboxylic acids is 1. The Labute approximate surface area is 58.1 Å². The molecule has 0 radical (unpaired) electrons. The fourth-order valence-corrected chi connectivity index (χ4v) is 0.850. The first-order chi connectivity index (χ1) is 4.70. The summed E-state index contributed by atoms with van der Waals surface area (Å²) < 4.78 is 12.4. The third-order valence-electron chi connectivity index (χ3n) is 1.35. The number of nitrogens with one attached hydrogen (secondary N) is 1. The Bertz CT molecular complexity index is 179. The standard InChI is InChI=1S/C6H9FN2O/c7-5-1-4(6(8)10)2-9-3-5/h1,5,9H,2-3H2,(H2,8,10). The molecule has 3 nitrogen and oxygen atoms in total. The molecule has 1 aliphatic heterocycles. The molecule has 1 unspecified atom stereocenters. The van der Waals surface area contributed by atoms with E-state index < -0.39 is 12.1 Å². The molecule has 1 aliphatic rings. The minimum atomic E-state index is -1.07. The highest BCUT2D eigenvalue weighted by molar-refractivity contribution is 5.92. The van der Waals surface area contributed by atoms with Crippen LogP contribution in [0.4, 0.5) is 4.39 Å². The van der Waals surface area contributed by atoms with Gasteiger partial charge in [-0.3, -0.25) is 4.79 Å². The second-order valence-electron chi connectivity index (χ2n) is 2.20. The van der Waals surface area contributed by atoms with Gasteiger partial charge in [0.2, 0.25) is 5.91 Å². The third kappa shape index (κ3) is 1.54.